The fraction of sp³-hybridized carbons (Fsp3) is 0.400. The van der Waals surface area contributed by atoms with Gasteiger partial charge in [-0.1, -0.05) is 18.7 Å². The fourth-order valence-corrected chi connectivity index (χ4v) is 3.42. The molecular weight excluding hydrogens is 398 g/mol. The van der Waals surface area contributed by atoms with Crippen molar-refractivity contribution >= 4 is 35.4 Å². The number of ketones is 1. The molecule has 1 aromatic rings. The molecule has 1 amide bonds. The third-order valence-corrected chi connectivity index (χ3v) is 5.02. The van der Waals surface area contributed by atoms with Gasteiger partial charge in [-0.25, -0.2) is 9.59 Å². The van der Waals surface area contributed by atoms with Crippen LogP contribution >= 0.6 is 11.8 Å². The molecule has 0 spiro atoms. The topological polar surface area (TPSA) is 99.2 Å². The first-order valence-electron chi connectivity index (χ1n) is 9.09. The summed E-state index contributed by atoms with van der Waals surface area (Å²) in [6.07, 6.45) is 2.12. The van der Waals surface area contributed by atoms with E-state index in [1.807, 2.05) is 0 Å². The molecule has 156 valence electrons. The van der Waals surface area contributed by atoms with Crippen LogP contribution in [0.4, 0.5) is 0 Å². The number of methoxy groups -OCH3 is 1. The number of Topliss-reactive ketones (excluding diaryl/α,β-unsaturated/α-hetero) is 1. The van der Waals surface area contributed by atoms with E-state index in [-0.39, 0.29) is 30.7 Å². The van der Waals surface area contributed by atoms with Crippen molar-refractivity contribution in [2.45, 2.75) is 19.8 Å². The molecule has 1 heterocycles. The van der Waals surface area contributed by atoms with Gasteiger partial charge in [0.1, 0.15) is 5.75 Å². The Kier molecular flexibility index (Phi) is 8.72. The molecule has 29 heavy (non-hydrogen) atoms. The highest BCUT2D eigenvalue weighted by Gasteiger charge is 2.27. The molecule has 1 saturated heterocycles. The molecule has 0 aliphatic carbocycles. The van der Waals surface area contributed by atoms with E-state index in [1.165, 1.54) is 29.8 Å². The Morgan fingerprint density at radius 3 is 2.59 bits per heavy atom. The van der Waals surface area contributed by atoms with Gasteiger partial charge in [-0.2, -0.15) is 0 Å². The first-order chi connectivity index (χ1) is 13.9. The summed E-state index contributed by atoms with van der Waals surface area (Å²) in [5.41, 5.74) is 0.595. The largest absolute Gasteiger partial charge is 0.482 e. The van der Waals surface area contributed by atoms with Crippen molar-refractivity contribution in [2.24, 2.45) is 0 Å². The Balaban J connectivity index is 1.70. The summed E-state index contributed by atoms with van der Waals surface area (Å²) in [6, 6.07) is 6.55. The normalized spacial score (nSPS) is 14.8. The molecule has 0 radical (unpaired) electrons. The van der Waals surface area contributed by atoms with Crippen LogP contribution in [0.2, 0.25) is 0 Å². The average Bonchev–Trinajstić information content (AvgIpc) is 3.08. The molecule has 1 aliphatic rings. The van der Waals surface area contributed by atoms with Gasteiger partial charge in [0, 0.05) is 18.5 Å². The summed E-state index contributed by atoms with van der Waals surface area (Å²) in [5.74, 6) is -0.403. The van der Waals surface area contributed by atoms with Gasteiger partial charge in [-0.15, -0.1) is 0 Å². The lowest BCUT2D eigenvalue weighted by atomic mass is 10.1. The molecule has 9 heteroatoms. The zero-order valence-electron chi connectivity index (χ0n) is 16.3. The van der Waals surface area contributed by atoms with E-state index in [1.54, 1.807) is 31.2 Å². The number of amides is 1. The van der Waals surface area contributed by atoms with E-state index in [0.717, 1.165) is 0 Å². The Bertz CT molecular complexity index is 789. The Labute approximate surface area is 173 Å². The molecule has 2 rings (SSSR count). The van der Waals surface area contributed by atoms with Gasteiger partial charge >= 0.3 is 11.9 Å². The number of benzene rings is 1. The smallest absolute Gasteiger partial charge is 0.344 e. The van der Waals surface area contributed by atoms with Crippen LogP contribution in [0, 0.1) is 0 Å². The average molecular weight is 421 g/mol. The Morgan fingerprint density at radius 1 is 1.21 bits per heavy atom. The van der Waals surface area contributed by atoms with E-state index in [2.05, 4.69) is 4.74 Å². The summed E-state index contributed by atoms with van der Waals surface area (Å²) in [4.78, 5) is 48.1. The SMILES string of the molecule is CCC(=O)c1ccc(OCC(=O)OCCCN2C(=O)CS/C2=C\C(=O)OC)cc1. The van der Waals surface area contributed by atoms with Gasteiger partial charge in [-0.3, -0.25) is 9.59 Å². The van der Waals surface area contributed by atoms with Crippen LogP contribution in [-0.2, 0) is 23.9 Å². The molecule has 0 aromatic heterocycles. The quantitative estimate of drug-likeness (QED) is 0.245. The lowest BCUT2D eigenvalue weighted by molar-refractivity contribution is -0.146. The lowest BCUT2D eigenvalue weighted by Gasteiger charge is -2.16. The number of esters is 2. The van der Waals surface area contributed by atoms with E-state index < -0.39 is 11.9 Å². The first-order valence-corrected chi connectivity index (χ1v) is 10.1. The fourth-order valence-electron chi connectivity index (χ4n) is 2.46. The van der Waals surface area contributed by atoms with Crippen LogP contribution in [-0.4, -0.2) is 61.2 Å². The minimum Gasteiger partial charge on any atom is -0.482 e. The second-order valence-electron chi connectivity index (χ2n) is 6.00. The molecule has 8 nitrogen and oxygen atoms in total. The van der Waals surface area contributed by atoms with Gasteiger partial charge in [0.05, 0.1) is 30.6 Å². The van der Waals surface area contributed by atoms with E-state index in [9.17, 15) is 19.2 Å². The monoisotopic (exact) mass is 421 g/mol. The molecule has 1 aromatic carbocycles. The van der Waals surface area contributed by atoms with Crippen molar-refractivity contribution in [2.75, 3.05) is 32.6 Å². The number of nitrogens with zero attached hydrogens (tertiary/aromatic N) is 1. The number of carbonyl (C=O) groups is 4. The van der Waals surface area contributed by atoms with Crippen molar-refractivity contribution in [3.63, 3.8) is 0 Å². The number of rotatable bonds is 10. The third kappa shape index (κ3) is 6.94. The minimum atomic E-state index is -0.536. The van der Waals surface area contributed by atoms with Gasteiger partial charge in [-0.05, 0) is 30.7 Å². The van der Waals surface area contributed by atoms with Gasteiger partial charge in [0.25, 0.3) is 0 Å². The van der Waals surface area contributed by atoms with E-state index in [4.69, 9.17) is 9.47 Å². The zero-order valence-corrected chi connectivity index (χ0v) is 17.2. The summed E-state index contributed by atoms with van der Waals surface area (Å²) in [6.45, 7) is 1.98. The zero-order chi connectivity index (χ0) is 21.2. The van der Waals surface area contributed by atoms with Crippen molar-refractivity contribution in [3.8, 4) is 5.75 Å². The van der Waals surface area contributed by atoms with Crippen molar-refractivity contribution < 1.29 is 33.4 Å². The highest BCUT2D eigenvalue weighted by Crippen LogP contribution is 2.28. The Hall–Kier alpha value is -2.81. The van der Waals surface area contributed by atoms with Crippen molar-refractivity contribution in [1.82, 2.24) is 4.90 Å². The predicted octanol–water partition coefficient (Wildman–Crippen LogP) is 2.18. The highest BCUT2D eigenvalue weighted by molar-refractivity contribution is 8.04. The molecule has 0 bridgehead atoms. The van der Waals surface area contributed by atoms with Gasteiger partial charge < -0.3 is 19.1 Å². The molecule has 0 N–H and O–H groups in total. The molecule has 1 fully saturated rings. The van der Waals surface area contributed by atoms with Crippen LogP contribution in [0.1, 0.15) is 30.1 Å². The molecule has 0 saturated carbocycles. The number of thioether (sulfide) groups is 1. The number of carbonyl (C=O) groups excluding carboxylic acids is 4. The maximum Gasteiger partial charge on any atom is 0.344 e. The first kappa shape index (κ1) is 22.5. The minimum absolute atomic E-state index is 0.0374. The summed E-state index contributed by atoms with van der Waals surface area (Å²) in [5, 5.41) is 0.529. The Morgan fingerprint density at radius 2 is 1.93 bits per heavy atom. The van der Waals surface area contributed by atoms with Gasteiger partial charge in [0.15, 0.2) is 12.4 Å². The maximum absolute atomic E-state index is 11.9. The predicted molar refractivity (Wildman–Crippen MR) is 106 cm³/mol. The number of ether oxygens (including phenoxy) is 3. The van der Waals surface area contributed by atoms with Crippen LogP contribution in [0.25, 0.3) is 0 Å². The molecule has 1 aliphatic heterocycles. The highest BCUT2D eigenvalue weighted by atomic mass is 32.2. The van der Waals surface area contributed by atoms with Crippen LogP contribution < -0.4 is 4.74 Å². The second kappa shape index (κ2) is 11.3. The molecule has 0 unspecified atom stereocenters. The van der Waals surface area contributed by atoms with Crippen LogP contribution in [0.5, 0.6) is 5.75 Å². The third-order valence-electron chi connectivity index (χ3n) is 4.00. The van der Waals surface area contributed by atoms with Crippen LogP contribution in [0.3, 0.4) is 0 Å². The van der Waals surface area contributed by atoms with Crippen molar-refractivity contribution in [1.29, 1.82) is 0 Å². The van der Waals surface area contributed by atoms with Gasteiger partial charge in [0.2, 0.25) is 5.91 Å². The standard InChI is InChI=1S/C20H23NO7S/c1-3-16(22)14-5-7-15(8-6-14)28-12-20(25)27-10-4-9-21-17(23)13-29-18(21)11-19(24)26-2/h5-8,11H,3-4,9-10,12-13H2,1-2H3/b18-11-. The van der Waals surface area contributed by atoms with Crippen molar-refractivity contribution in [3.05, 3.63) is 40.9 Å². The van der Waals surface area contributed by atoms with E-state index >= 15 is 0 Å². The second-order valence-corrected chi connectivity index (χ2v) is 7.00. The maximum atomic E-state index is 11.9. The number of hydrogen-bond donors (Lipinski definition) is 0. The molecule has 0 atom stereocenters. The summed E-state index contributed by atoms with van der Waals surface area (Å²) >= 11 is 1.26. The number of hydrogen-bond acceptors (Lipinski definition) is 8. The molecular formula is C20H23NO7S. The lowest BCUT2D eigenvalue weighted by Crippen LogP contribution is -2.27. The summed E-state index contributed by atoms with van der Waals surface area (Å²) < 4.78 is 15.0. The van der Waals surface area contributed by atoms with E-state index in [0.29, 0.717) is 35.7 Å². The van der Waals surface area contributed by atoms with Crippen LogP contribution in [0.15, 0.2) is 35.4 Å². The summed E-state index contributed by atoms with van der Waals surface area (Å²) in [7, 11) is 1.27.